The number of aromatic nitrogens is 2. The molecule has 18 heavy (non-hydrogen) atoms. The van der Waals surface area contributed by atoms with Crippen LogP contribution in [0.5, 0.6) is 0 Å². The lowest BCUT2D eigenvalue weighted by atomic mass is 9.85. The summed E-state index contributed by atoms with van der Waals surface area (Å²) in [5.74, 6) is 0. The smallest absolute Gasteiger partial charge is 0.0825 e. The van der Waals surface area contributed by atoms with Crippen LogP contribution in [-0.2, 0) is 18.2 Å². The van der Waals surface area contributed by atoms with Crippen LogP contribution in [0.2, 0.25) is 0 Å². The number of rotatable bonds is 8. The summed E-state index contributed by atoms with van der Waals surface area (Å²) in [5.41, 5.74) is 1.21. The minimum Gasteiger partial charge on any atom is -0.377 e. The SMILES string of the molecule is CCC(CC)(OC)C(CCc1ccnn1C)NC. The summed E-state index contributed by atoms with van der Waals surface area (Å²) in [6, 6.07) is 2.45. The van der Waals surface area contributed by atoms with Crippen LogP contribution < -0.4 is 5.32 Å². The number of nitrogens with zero attached hydrogens (tertiary/aromatic N) is 2. The van der Waals surface area contributed by atoms with E-state index in [9.17, 15) is 0 Å². The molecule has 104 valence electrons. The number of methoxy groups -OCH3 is 1. The third-order valence-electron chi connectivity index (χ3n) is 4.20. The minimum absolute atomic E-state index is 0.0622. The van der Waals surface area contributed by atoms with Crippen LogP contribution in [0.15, 0.2) is 12.3 Å². The normalized spacial score (nSPS) is 13.8. The van der Waals surface area contributed by atoms with Crippen LogP contribution in [-0.4, -0.2) is 35.6 Å². The fraction of sp³-hybridized carbons (Fsp3) is 0.786. The maximum Gasteiger partial charge on any atom is 0.0825 e. The van der Waals surface area contributed by atoms with Crippen molar-refractivity contribution in [2.75, 3.05) is 14.2 Å². The molecule has 1 unspecified atom stereocenters. The Morgan fingerprint density at radius 1 is 1.44 bits per heavy atom. The van der Waals surface area contributed by atoms with E-state index in [4.69, 9.17) is 4.74 Å². The molecular weight excluding hydrogens is 226 g/mol. The van der Waals surface area contributed by atoms with E-state index in [1.807, 2.05) is 32.1 Å². The molecule has 0 radical (unpaired) electrons. The summed E-state index contributed by atoms with van der Waals surface area (Å²) in [7, 11) is 5.83. The van der Waals surface area contributed by atoms with Crippen molar-refractivity contribution in [3.8, 4) is 0 Å². The molecule has 0 saturated heterocycles. The first kappa shape index (κ1) is 15.2. The van der Waals surface area contributed by atoms with Gasteiger partial charge in [-0.3, -0.25) is 4.68 Å². The minimum atomic E-state index is -0.0622. The van der Waals surface area contributed by atoms with E-state index >= 15 is 0 Å². The van der Waals surface area contributed by atoms with Crippen LogP contribution >= 0.6 is 0 Å². The summed E-state index contributed by atoms with van der Waals surface area (Å²) in [6.07, 6.45) is 5.99. The molecule has 0 spiro atoms. The highest BCUT2D eigenvalue weighted by atomic mass is 16.5. The highest BCUT2D eigenvalue weighted by molar-refractivity contribution is 5.02. The van der Waals surface area contributed by atoms with Crippen molar-refractivity contribution in [2.45, 2.75) is 51.2 Å². The van der Waals surface area contributed by atoms with Gasteiger partial charge < -0.3 is 10.1 Å². The van der Waals surface area contributed by atoms with Crippen LogP contribution in [0, 0.1) is 0 Å². The Labute approximate surface area is 111 Å². The van der Waals surface area contributed by atoms with E-state index in [0.29, 0.717) is 6.04 Å². The molecule has 1 aromatic heterocycles. The van der Waals surface area contributed by atoms with Crippen molar-refractivity contribution in [1.29, 1.82) is 0 Å². The zero-order valence-corrected chi connectivity index (χ0v) is 12.4. The molecule has 0 aliphatic heterocycles. The second-order valence-corrected chi connectivity index (χ2v) is 4.80. The van der Waals surface area contributed by atoms with E-state index in [1.165, 1.54) is 5.69 Å². The Balaban J connectivity index is 2.69. The molecule has 0 amide bonds. The van der Waals surface area contributed by atoms with Gasteiger partial charge in [0.05, 0.1) is 5.60 Å². The average molecular weight is 253 g/mol. The standard InChI is InChI=1S/C14H27N3O/c1-6-14(7-2,18-5)13(15-3)9-8-12-10-11-16-17(12)4/h10-11,13,15H,6-9H2,1-5H3. The first-order chi connectivity index (χ1) is 8.63. The lowest BCUT2D eigenvalue weighted by Crippen LogP contribution is -2.50. The second kappa shape index (κ2) is 6.90. The molecule has 1 rings (SSSR count). The molecule has 4 nitrogen and oxygen atoms in total. The van der Waals surface area contributed by atoms with E-state index in [-0.39, 0.29) is 5.60 Å². The molecule has 0 aliphatic rings. The van der Waals surface area contributed by atoms with E-state index in [2.05, 4.69) is 30.3 Å². The molecule has 1 heterocycles. The molecule has 0 fully saturated rings. The molecule has 0 saturated carbocycles. The predicted molar refractivity (Wildman–Crippen MR) is 74.7 cm³/mol. The average Bonchev–Trinajstić information content (AvgIpc) is 2.81. The van der Waals surface area contributed by atoms with E-state index in [1.54, 1.807) is 0 Å². The largest absolute Gasteiger partial charge is 0.377 e. The first-order valence-corrected chi connectivity index (χ1v) is 6.82. The topological polar surface area (TPSA) is 39.1 Å². The second-order valence-electron chi connectivity index (χ2n) is 4.80. The van der Waals surface area contributed by atoms with Crippen LogP contribution in [0.4, 0.5) is 0 Å². The number of hydrogen-bond acceptors (Lipinski definition) is 3. The Kier molecular flexibility index (Phi) is 5.82. The van der Waals surface area contributed by atoms with Crippen molar-refractivity contribution in [3.05, 3.63) is 18.0 Å². The van der Waals surface area contributed by atoms with Crippen LogP contribution in [0.1, 0.15) is 38.8 Å². The van der Waals surface area contributed by atoms with Gasteiger partial charge in [0.1, 0.15) is 0 Å². The van der Waals surface area contributed by atoms with Gasteiger partial charge in [-0.2, -0.15) is 5.10 Å². The molecule has 1 atom stereocenters. The number of likely N-dealkylation sites (N-methyl/N-ethyl adjacent to an activating group) is 1. The van der Waals surface area contributed by atoms with Gasteiger partial charge in [0.25, 0.3) is 0 Å². The number of hydrogen-bond donors (Lipinski definition) is 1. The highest BCUT2D eigenvalue weighted by Gasteiger charge is 2.34. The molecule has 1 aromatic rings. The maximum absolute atomic E-state index is 5.80. The summed E-state index contributed by atoms with van der Waals surface area (Å²) in [5, 5.41) is 7.63. The van der Waals surface area contributed by atoms with Gasteiger partial charge in [-0.15, -0.1) is 0 Å². The molecule has 4 heteroatoms. The van der Waals surface area contributed by atoms with Gasteiger partial charge in [-0.05, 0) is 38.8 Å². The van der Waals surface area contributed by atoms with Gasteiger partial charge in [-0.1, -0.05) is 13.8 Å². The summed E-state index contributed by atoms with van der Waals surface area (Å²) in [6.45, 7) is 4.39. The predicted octanol–water partition coefficient (Wildman–Crippen LogP) is 2.15. The summed E-state index contributed by atoms with van der Waals surface area (Å²) >= 11 is 0. The van der Waals surface area contributed by atoms with Gasteiger partial charge in [0.2, 0.25) is 0 Å². The molecule has 0 bridgehead atoms. The lowest BCUT2D eigenvalue weighted by molar-refractivity contribution is -0.0475. The highest BCUT2D eigenvalue weighted by Crippen LogP contribution is 2.26. The molecule has 0 aromatic carbocycles. The Bertz CT molecular complexity index is 336. The number of aryl methyl sites for hydroxylation is 2. The number of ether oxygens (including phenoxy) is 1. The zero-order valence-electron chi connectivity index (χ0n) is 12.4. The van der Waals surface area contributed by atoms with Gasteiger partial charge in [0.15, 0.2) is 0 Å². The van der Waals surface area contributed by atoms with Gasteiger partial charge in [0, 0.05) is 32.1 Å². The van der Waals surface area contributed by atoms with Crippen molar-refractivity contribution in [2.24, 2.45) is 7.05 Å². The zero-order chi connectivity index (χ0) is 13.6. The lowest BCUT2D eigenvalue weighted by Gasteiger charge is -2.38. The van der Waals surface area contributed by atoms with Crippen molar-refractivity contribution < 1.29 is 4.74 Å². The molecule has 1 N–H and O–H groups in total. The quantitative estimate of drug-likeness (QED) is 0.771. The van der Waals surface area contributed by atoms with Crippen LogP contribution in [0.25, 0.3) is 0 Å². The Morgan fingerprint density at radius 2 is 2.11 bits per heavy atom. The number of nitrogens with one attached hydrogen (secondary N) is 1. The van der Waals surface area contributed by atoms with Crippen molar-refractivity contribution >= 4 is 0 Å². The Morgan fingerprint density at radius 3 is 2.50 bits per heavy atom. The fourth-order valence-electron chi connectivity index (χ4n) is 2.78. The Hall–Kier alpha value is -0.870. The van der Waals surface area contributed by atoms with Crippen molar-refractivity contribution in [3.63, 3.8) is 0 Å². The van der Waals surface area contributed by atoms with E-state index < -0.39 is 0 Å². The van der Waals surface area contributed by atoms with Crippen molar-refractivity contribution in [1.82, 2.24) is 15.1 Å². The van der Waals surface area contributed by atoms with Gasteiger partial charge >= 0.3 is 0 Å². The fourth-order valence-corrected chi connectivity index (χ4v) is 2.78. The first-order valence-electron chi connectivity index (χ1n) is 6.82. The maximum atomic E-state index is 5.80. The molecular formula is C14H27N3O. The summed E-state index contributed by atoms with van der Waals surface area (Å²) < 4.78 is 7.75. The van der Waals surface area contributed by atoms with Crippen LogP contribution in [0.3, 0.4) is 0 Å². The molecule has 0 aliphatic carbocycles. The van der Waals surface area contributed by atoms with E-state index in [0.717, 1.165) is 25.7 Å². The third kappa shape index (κ3) is 3.12. The summed E-state index contributed by atoms with van der Waals surface area (Å²) in [4.78, 5) is 0. The third-order valence-corrected chi connectivity index (χ3v) is 4.20. The van der Waals surface area contributed by atoms with Gasteiger partial charge in [-0.25, -0.2) is 0 Å². The monoisotopic (exact) mass is 253 g/mol.